The molecule has 0 atom stereocenters. The highest BCUT2D eigenvalue weighted by atomic mass is 16.4. The third-order valence-corrected chi connectivity index (χ3v) is 2.97. The summed E-state index contributed by atoms with van der Waals surface area (Å²) in [7, 11) is 0. The molecule has 0 aromatic heterocycles. The molecule has 0 saturated carbocycles. The fourth-order valence-electron chi connectivity index (χ4n) is 1.74. The van der Waals surface area contributed by atoms with Crippen LogP contribution in [0.1, 0.15) is 44.0 Å². The lowest BCUT2D eigenvalue weighted by Gasteiger charge is -2.25. The second kappa shape index (κ2) is 6.88. The number of carbonyl (C=O) groups excluding carboxylic acids is 2. The minimum Gasteiger partial charge on any atom is -0.481 e. The van der Waals surface area contributed by atoms with Gasteiger partial charge in [-0.3, -0.25) is 9.59 Å². The largest absolute Gasteiger partial charge is 0.481 e. The fourth-order valence-corrected chi connectivity index (χ4v) is 1.74. The fraction of sp³-hybridized carbons (Fsp3) is 0.400. The van der Waals surface area contributed by atoms with Crippen molar-refractivity contribution in [1.82, 2.24) is 5.32 Å². The molecular formula is C15H20N2O4. The molecule has 0 fully saturated rings. The van der Waals surface area contributed by atoms with E-state index in [-0.39, 0.29) is 12.2 Å². The van der Waals surface area contributed by atoms with Crippen LogP contribution in [0.2, 0.25) is 0 Å². The quantitative estimate of drug-likeness (QED) is 0.702. The summed E-state index contributed by atoms with van der Waals surface area (Å²) in [6.07, 6.45) is 0.319. The van der Waals surface area contributed by atoms with Crippen LogP contribution in [0.25, 0.3) is 0 Å². The molecule has 0 aliphatic rings. The first kappa shape index (κ1) is 16.7. The molecule has 3 N–H and O–H groups in total. The number of carboxylic acid groups (broad SMARTS) is 1. The van der Waals surface area contributed by atoms with E-state index in [1.54, 1.807) is 38.1 Å². The highest BCUT2D eigenvalue weighted by molar-refractivity contribution is 5.95. The number of rotatable bonds is 6. The van der Waals surface area contributed by atoms with Gasteiger partial charge in [0, 0.05) is 23.2 Å². The van der Waals surface area contributed by atoms with Gasteiger partial charge in [0.2, 0.25) is 0 Å². The molecule has 2 amide bonds. The number of anilines is 1. The van der Waals surface area contributed by atoms with Gasteiger partial charge in [-0.15, -0.1) is 0 Å². The lowest BCUT2D eigenvalue weighted by atomic mass is 9.99. The van der Waals surface area contributed by atoms with Crippen LogP contribution in [0, 0.1) is 0 Å². The molecule has 6 heteroatoms. The van der Waals surface area contributed by atoms with E-state index in [4.69, 9.17) is 5.11 Å². The lowest BCUT2D eigenvalue weighted by Crippen LogP contribution is -2.45. The van der Waals surface area contributed by atoms with Gasteiger partial charge in [0.25, 0.3) is 0 Å². The maximum Gasteiger partial charge on any atom is 0.319 e. The number of hydrogen-bond donors (Lipinski definition) is 3. The summed E-state index contributed by atoms with van der Waals surface area (Å²) >= 11 is 0. The molecule has 1 aromatic rings. The first-order valence-electron chi connectivity index (χ1n) is 6.61. The molecule has 0 heterocycles. The van der Waals surface area contributed by atoms with Crippen LogP contribution < -0.4 is 10.6 Å². The predicted molar refractivity (Wildman–Crippen MR) is 79.5 cm³/mol. The topological polar surface area (TPSA) is 95.5 Å². The Morgan fingerprint density at radius 1 is 1.14 bits per heavy atom. The van der Waals surface area contributed by atoms with Gasteiger partial charge in [-0.1, -0.05) is 0 Å². The third-order valence-electron chi connectivity index (χ3n) is 2.97. The number of ketones is 1. The Bertz CT molecular complexity index is 535. The number of benzene rings is 1. The smallest absolute Gasteiger partial charge is 0.319 e. The summed E-state index contributed by atoms with van der Waals surface area (Å²) in [5, 5.41) is 14.0. The van der Waals surface area contributed by atoms with Gasteiger partial charge in [-0.2, -0.15) is 0 Å². The maximum absolute atomic E-state index is 11.9. The average molecular weight is 292 g/mol. The van der Waals surface area contributed by atoms with Gasteiger partial charge in [-0.05, 0) is 51.5 Å². The Morgan fingerprint density at radius 3 is 2.19 bits per heavy atom. The number of carboxylic acids is 1. The second-order valence-electron chi connectivity index (χ2n) is 5.49. The van der Waals surface area contributed by atoms with Crippen LogP contribution in [0.4, 0.5) is 10.5 Å². The molecule has 0 bridgehead atoms. The van der Waals surface area contributed by atoms with E-state index in [0.717, 1.165) is 0 Å². The van der Waals surface area contributed by atoms with E-state index in [2.05, 4.69) is 10.6 Å². The Kier molecular flexibility index (Phi) is 5.46. The van der Waals surface area contributed by atoms with Crippen LogP contribution >= 0.6 is 0 Å². The zero-order valence-electron chi connectivity index (χ0n) is 12.4. The molecular weight excluding hydrogens is 272 g/mol. The van der Waals surface area contributed by atoms with Crippen molar-refractivity contribution in [3.05, 3.63) is 29.8 Å². The van der Waals surface area contributed by atoms with Gasteiger partial charge in [0.15, 0.2) is 5.78 Å². The van der Waals surface area contributed by atoms with Crippen LogP contribution in [0.5, 0.6) is 0 Å². The summed E-state index contributed by atoms with van der Waals surface area (Å²) in [5.74, 6) is -0.939. The van der Waals surface area contributed by atoms with Gasteiger partial charge >= 0.3 is 12.0 Å². The van der Waals surface area contributed by atoms with Crippen LogP contribution in [0.15, 0.2) is 24.3 Å². The average Bonchev–Trinajstić information content (AvgIpc) is 2.36. The SMILES string of the molecule is CC(=O)c1ccc(NC(=O)NC(C)(C)CCC(=O)O)cc1. The summed E-state index contributed by atoms with van der Waals surface area (Å²) in [4.78, 5) is 33.6. The van der Waals surface area contributed by atoms with Gasteiger partial charge < -0.3 is 15.7 Å². The molecule has 6 nitrogen and oxygen atoms in total. The number of nitrogens with one attached hydrogen (secondary N) is 2. The molecule has 0 saturated heterocycles. The molecule has 1 rings (SSSR count). The highest BCUT2D eigenvalue weighted by Gasteiger charge is 2.21. The molecule has 21 heavy (non-hydrogen) atoms. The van der Waals surface area contributed by atoms with E-state index in [1.165, 1.54) is 6.92 Å². The van der Waals surface area contributed by atoms with Crippen molar-refractivity contribution in [3.63, 3.8) is 0 Å². The Hall–Kier alpha value is -2.37. The summed E-state index contributed by atoms with van der Waals surface area (Å²) in [5.41, 5.74) is 0.510. The number of urea groups is 1. The number of aliphatic carboxylic acids is 1. The number of Topliss-reactive ketones (excluding diaryl/α,β-unsaturated/α-hetero) is 1. The van der Waals surface area contributed by atoms with Crippen molar-refractivity contribution in [2.45, 2.75) is 39.2 Å². The molecule has 0 spiro atoms. The Morgan fingerprint density at radius 2 is 1.71 bits per heavy atom. The lowest BCUT2D eigenvalue weighted by molar-refractivity contribution is -0.137. The normalized spacial score (nSPS) is 10.8. The van der Waals surface area contributed by atoms with Crippen molar-refractivity contribution in [2.75, 3.05) is 5.32 Å². The zero-order valence-corrected chi connectivity index (χ0v) is 12.4. The van der Waals surface area contributed by atoms with Crippen molar-refractivity contribution in [1.29, 1.82) is 0 Å². The molecule has 0 aliphatic carbocycles. The minimum atomic E-state index is -0.898. The molecule has 0 unspecified atom stereocenters. The Balaban J connectivity index is 2.56. The highest BCUT2D eigenvalue weighted by Crippen LogP contribution is 2.13. The van der Waals surface area contributed by atoms with Crippen molar-refractivity contribution < 1.29 is 19.5 Å². The van der Waals surface area contributed by atoms with Gasteiger partial charge in [0.1, 0.15) is 0 Å². The molecule has 0 radical (unpaired) electrons. The summed E-state index contributed by atoms with van der Waals surface area (Å²) in [6.45, 7) is 4.99. The second-order valence-corrected chi connectivity index (χ2v) is 5.49. The monoisotopic (exact) mass is 292 g/mol. The zero-order chi connectivity index (χ0) is 16.0. The number of carbonyl (C=O) groups is 3. The maximum atomic E-state index is 11.9. The molecule has 0 aliphatic heterocycles. The van der Waals surface area contributed by atoms with Crippen molar-refractivity contribution >= 4 is 23.5 Å². The van der Waals surface area contributed by atoms with E-state index in [1.807, 2.05) is 0 Å². The van der Waals surface area contributed by atoms with Crippen molar-refractivity contribution in [3.8, 4) is 0 Å². The minimum absolute atomic E-state index is 0.0133. The van der Waals surface area contributed by atoms with E-state index < -0.39 is 17.5 Å². The van der Waals surface area contributed by atoms with Crippen molar-refractivity contribution in [2.24, 2.45) is 0 Å². The van der Waals surface area contributed by atoms with Gasteiger partial charge in [0.05, 0.1) is 0 Å². The first-order chi connectivity index (χ1) is 9.69. The number of hydrogen-bond acceptors (Lipinski definition) is 3. The van der Waals surface area contributed by atoms with Crippen LogP contribution in [-0.4, -0.2) is 28.4 Å². The number of amides is 2. The predicted octanol–water partition coefficient (Wildman–Crippen LogP) is 2.65. The molecule has 1 aromatic carbocycles. The first-order valence-corrected chi connectivity index (χ1v) is 6.61. The third kappa shape index (κ3) is 6.07. The van der Waals surface area contributed by atoms with E-state index in [0.29, 0.717) is 17.7 Å². The standard InChI is InChI=1S/C15H20N2O4/c1-10(18)11-4-6-12(7-5-11)16-14(21)17-15(2,3)9-8-13(19)20/h4-7H,8-9H2,1-3H3,(H,19,20)(H2,16,17,21). The van der Waals surface area contributed by atoms with Crippen LogP contribution in [0.3, 0.4) is 0 Å². The summed E-state index contributed by atoms with van der Waals surface area (Å²) < 4.78 is 0. The Labute approximate surface area is 123 Å². The molecule has 114 valence electrons. The van der Waals surface area contributed by atoms with E-state index >= 15 is 0 Å². The van der Waals surface area contributed by atoms with E-state index in [9.17, 15) is 14.4 Å². The van der Waals surface area contributed by atoms with Crippen LogP contribution in [-0.2, 0) is 4.79 Å². The summed E-state index contributed by atoms with van der Waals surface area (Å²) in [6, 6.07) is 6.13. The van der Waals surface area contributed by atoms with Gasteiger partial charge in [-0.25, -0.2) is 4.79 Å².